The highest BCUT2D eigenvalue weighted by atomic mass is 19.1. The molecule has 156 valence electrons. The highest BCUT2D eigenvalue weighted by molar-refractivity contribution is 6.04. The van der Waals surface area contributed by atoms with Crippen LogP contribution in [0.25, 0.3) is 48.8 Å². The van der Waals surface area contributed by atoms with Crippen molar-refractivity contribution in [1.29, 1.82) is 0 Å². The summed E-state index contributed by atoms with van der Waals surface area (Å²) in [6, 6.07) is 13.9. The number of fused-ring (bicyclic) bond motifs is 2. The molecule has 0 saturated heterocycles. The van der Waals surface area contributed by atoms with Gasteiger partial charge in [0.25, 0.3) is 5.56 Å². The molecular formula is C24H17FN6O. The minimum atomic E-state index is -0.499. The molecule has 0 saturated carbocycles. The zero-order valence-electron chi connectivity index (χ0n) is 17.1. The Morgan fingerprint density at radius 1 is 1.16 bits per heavy atom. The van der Waals surface area contributed by atoms with Crippen molar-refractivity contribution in [3.05, 3.63) is 88.0 Å². The van der Waals surface area contributed by atoms with Crippen molar-refractivity contribution in [3.8, 4) is 22.4 Å². The lowest BCUT2D eigenvalue weighted by atomic mass is 9.95. The maximum absolute atomic E-state index is 15.4. The SMILES string of the molecule is [C-]#[N+]c1c(-c2c(-c3ccc4c(=O)[nH]nc(CN)c4c3)cnn2C)c(F)cc2ccccc12. The van der Waals surface area contributed by atoms with Crippen LogP contribution in [0, 0.1) is 12.4 Å². The van der Waals surface area contributed by atoms with E-state index in [-0.39, 0.29) is 23.4 Å². The van der Waals surface area contributed by atoms with Crippen LogP contribution in [-0.4, -0.2) is 20.0 Å². The molecule has 8 heteroatoms. The normalized spacial score (nSPS) is 11.2. The first-order valence-corrected chi connectivity index (χ1v) is 9.86. The van der Waals surface area contributed by atoms with Crippen molar-refractivity contribution in [2.24, 2.45) is 12.8 Å². The predicted octanol–water partition coefficient (Wildman–Crippen LogP) is 4.29. The van der Waals surface area contributed by atoms with Gasteiger partial charge >= 0.3 is 0 Å². The van der Waals surface area contributed by atoms with E-state index in [1.165, 1.54) is 6.07 Å². The first-order valence-electron chi connectivity index (χ1n) is 9.86. The van der Waals surface area contributed by atoms with Gasteiger partial charge in [-0.25, -0.2) is 14.3 Å². The number of halogens is 1. The van der Waals surface area contributed by atoms with Crippen LogP contribution in [0.3, 0.4) is 0 Å². The number of aryl methyl sites for hydroxylation is 1. The van der Waals surface area contributed by atoms with Gasteiger partial charge in [0.1, 0.15) is 5.82 Å². The third kappa shape index (κ3) is 2.87. The van der Waals surface area contributed by atoms with Crippen LogP contribution in [0.1, 0.15) is 5.69 Å². The molecule has 7 nitrogen and oxygen atoms in total. The number of nitrogens with zero attached hydrogens (tertiary/aromatic N) is 4. The Balaban J connectivity index is 1.82. The van der Waals surface area contributed by atoms with Gasteiger partial charge in [0.2, 0.25) is 5.69 Å². The largest absolute Gasteiger partial charge is 0.325 e. The number of hydrogen-bond acceptors (Lipinski definition) is 4. The van der Waals surface area contributed by atoms with Crippen LogP contribution >= 0.6 is 0 Å². The second-order valence-electron chi connectivity index (χ2n) is 7.41. The van der Waals surface area contributed by atoms with Crippen LogP contribution in [0.4, 0.5) is 10.1 Å². The first kappa shape index (κ1) is 19.6. The Bertz CT molecular complexity index is 1630. The van der Waals surface area contributed by atoms with E-state index in [9.17, 15) is 4.79 Å². The Hall–Kier alpha value is -4.35. The van der Waals surface area contributed by atoms with E-state index in [1.807, 2.05) is 18.2 Å². The van der Waals surface area contributed by atoms with E-state index >= 15 is 4.39 Å². The summed E-state index contributed by atoms with van der Waals surface area (Å²) >= 11 is 0. The fourth-order valence-corrected chi connectivity index (χ4v) is 4.12. The van der Waals surface area contributed by atoms with Crippen molar-refractivity contribution in [2.45, 2.75) is 6.54 Å². The van der Waals surface area contributed by atoms with Crippen molar-refractivity contribution in [2.75, 3.05) is 0 Å². The van der Waals surface area contributed by atoms with E-state index in [0.717, 1.165) is 0 Å². The third-order valence-corrected chi connectivity index (χ3v) is 5.63. The van der Waals surface area contributed by atoms with Crippen LogP contribution in [0.5, 0.6) is 0 Å². The molecule has 0 radical (unpaired) electrons. The van der Waals surface area contributed by atoms with Gasteiger partial charge in [-0.05, 0) is 34.5 Å². The second-order valence-corrected chi connectivity index (χ2v) is 7.41. The molecule has 5 aromatic rings. The fraction of sp³-hybridized carbons (Fsp3) is 0.0833. The summed E-state index contributed by atoms with van der Waals surface area (Å²) in [6.07, 6.45) is 1.63. The number of nitrogens with two attached hydrogens (primary N) is 1. The van der Waals surface area contributed by atoms with Gasteiger partial charge in [0, 0.05) is 30.1 Å². The van der Waals surface area contributed by atoms with Gasteiger partial charge in [0.05, 0.1) is 29.5 Å². The van der Waals surface area contributed by atoms with Gasteiger partial charge in [-0.2, -0.15) is 10.2 Å². The number of aromatic nitrogens is 4. The molecule has 0 amide bonds. The average molecular weight is 424 g/mol. The molecule has 0 aliphatic rings. The second kappa shape index (κ2) is 7.41. The van der Waals surface area contributed by atoms with Crippen molar-refractivity contribution < 1.29 is 4.39 Å². The first-order chi connectivity index (χ1) is 15.5. The van der Waals surface area contributed by atoms with Crippen LogP contribution in [0.15, 0.2) is 59.5 Å². The van der Waals surface area contributed by atoms with Crippen molar-refractivity contribution >= 4 is 27.2 Å². The summed E-state index contributed by atoms with van der Waals surface area (Å²) in [4.78, 5) is 15.9. The molecule has 0 unspecified atom stereocenters. The Morgan fingerprint density at radius 2 is 1.97 bits per heavy atom. The lowest BCUT2D eigenvalue weighted by Gasteiger charge is -2.13. The topological polar surface area (TPSA) is 93.9 Å². The van der Waals surface area contributed by atoms with Crippen LogP contribution < -0.4 is 11.3 Å². The van der Waals surface area contributed by atoms with E-state index in [4.69, 9.17) is 12.3 Å². The Kier molecular flexibility index (Phi) is 4.54. The van der Waals surface area contributed by atoms with E-state index < -0.39 is 5.82 Å². The monoisotopic (exact) mass is 424 g/mol. The lowest BCUT2D eigenvalue weighted by molar-refractivity contribution is 0.630. The third-order valence-electron chi connectivity index (χ3n) is 5.63. The zero-order chi connectivity index (χ0) is 22.4. The number of rotatable bonds is 3. The molecule has 3 N–H and O–H groups in total. The lowest BCUT2D eigenvalue weighted by Crippen LogP contribution is -2.13. The Labute approximate surface area is 181 Å². The summed E-state index contributed by atoms with van der Waals surface area (Å²) in [6.45, 7) is 7.91. The molecule has 0 spiro atoms. The number of benzene rings is 3. The minimum Gasteiger partial charge on any atom is -0.325 e. The summed E-state index contributed by atoms with van der Waals surface area (Å²) < 4.78 is 16.9. The molecule has 2 heterocycles. The maximum Gasteiger partial charge on any atom is 0.272 e. The average Bonchev–Trinajstić information content (AvgIpc) is 3.19. The predicted molar refractivity (Wildman–Crippen MR) is 122 cm³/mol. The van der Waals surface area contributed by atoms with Gasteiger partial charge in [-0.1, -0.05) is 30.3 Å². The van der Waals surface area contributed by atoms with Gasteiger partial charge in [0.15, 0.2) is 0 Å². The molecule has 5 rings (SSSR count). The summed E-state index contributed by atoms with van der Waals surface area (Å²) in [7, 11) is 1.71. The van der Waals surface area contributed by atoms with Crippen molar-refractivity contribution in [3.63, 3.8) is 0 Å². The number of H-pyrrole nitrogens is 1. The zero-order valence-corrected chi connectivity index (χ0v) is 17.1. The number of nitrogens with one attached hydrogen (secondary N) is 1. The molecule has 0 bridgehead atoms. The standard InChI is InChI=1S/C24H17FN6O/c1-27-22-15-6-4-3-5-13(15)10-19(25)21(22)23-18(12-28-31(23)2)14-7-8-16-17(9-14)20(11-26)29-30-24(16)32/h3-10,12H,11,26H2,2H3,(H,30,32). The number of hydrogen-bond donors (Lipinski definition) is 2. The minimum absolute atomic E-state index is 0.151. The maximum atomic E-state index is 15.4. The fourth-order valence-electron chi connectivity index (χ4n) is 4.12. The molecule has 2 aromatic heterocycles. The van der Waals surface area contributed by atoms with Gasteiger partial charge in [-0.3, -0.25) is 9.48 Å². The Morgan fingerprint density at radius 3 is 2.75 bits per heavy atom. The van der Waals surface area contributed by atoms with E-state index in [1.54, 1.807) is 42.2 Å². The molecule has 0 aliphatic carbocycles. The van der Waals surface area contributed by atoms with Gasteiger partial charge in [-0.15, -0.1) is 0 Å². The van der Waals surface area contributed by atoms with Crippen LogP contribution in [-0.2, 0) is 13.6 Å². The molecule has 32 heavy (non-hydrogen) atoms. The summed E-state index contributed by atoms with van der Waals surface area (Å²) in [5, 5.41) is 13.2. The smallest absolute Gasteiger partial charge is 0.272 e. The summed E-state index contributed by atoms with van der Waals surface area (Å²) in [5.74, 6) is -0.499. The quantitative estimate of drug-likeness (QED) is 0.423. The molecule has 0 atom stereocenters. The number of aromatic amines is 1. The van der Waals surface area contributed by atoms with E-state index in [2.05, 4.69) is 20.1 Å². The van der Waals surface area contributed by atoms with Crippen LogP contribution in [0.2, 0.25) is 0 Å². The molecule has 0 aliphatic heterocycles. The van der Waals surface area contributed by atoms with E-state index in [0.29, 0.717) is 44.1 Å². The molecular weight excluding hydrogens is 407 g/mol. The van der Waals surface area contributed by atoms with Gasteiger partial charge < -0.3 is 5.73 Å². The highest BCUT2D eigenvalue weighted by Gasteiger charge is 2.22. The molecule has 0 fully saturated rings. The summed E-state index contributed by atoms with van der Waals surface area (Å²) in [5.41, 5.74) is 8.29. The highest BCUT2D eigenvalue weighted by Crippen LogP contribution is 2.43. The van der Waals surface area contributed by atoms with Crippen molar-refractivity contribution in [1.82, 2.24) is 20.0 Å². The molecule has 3 aromatic carbocycles.